The maximum absolute atomic E-state index is 12.3. The second-order valence-electron chi connectivity index (χ2n) is 6.15. The molecule has 2 aromatic carbocycles. The summed E-state index contributed by atoms with van der Waals surface area (Å²) in [5.74, 6) is 2.48. The number of hydrogen-bond acceptors (Lipinski definition) is 4. The molecule has 0 fully saturated rings. The summed E-state index contributed by atoms with van der Waals surface area (Å²) in [7, 11) is 1.67. The van der Waals surface area contributed by atoms with E-state index in [9.17, 15) is 8.78 Å². The van der Waals surface area contributed by atoms with Gasteiger partial charge in [-0.3, -0.25) is 4.99 Å². The van der Waals surface area contributed by atoms with E-state index in [2.05, 4.69) is 15.6 Å². The number of rotatable bonds is 7. The monoisotopic (exact) mass is 391 g/mol. The summed E-state index contributed by atoms with van der Waals surface area (Å²) < 4.78 is 41.2. The van der Waals surface area contributed by atoms with Crippen molar-refractivity contribution in [2.45, 2.75) is 19.1 Å². The third-order valence-electron chi connectivity index (χ3n) is 4.02. The number of benzene rings is 2. The van der Waals surface area contributed by atoms with Crippen LogP contribution in [0.3, 0.4) is 0 Å². The molecule has 6 nitrogen and oxygen atoms in total. The van der Waals surface area contributed by atoms with Gasteiger partial charge < -0.3 is 24.8 Å². The lowest BCUT2D eigenvalue weighted by molar-refractivity contribution is 0.0818. The van der Waals surface area contributed by atoms with Gasteiger partial charge in [-0.05, 0) is 29.8 Å². The number of halogens is 2. The zero-order valence-corrected chi connectivity index (χ0v) is 15.5. The van der Waals surface area contributed by atoms with Gasteiger partial charge in [-0.15, -0.1) is 0 Å². The van der Waals surface area contributed by atoms with Crippen LogP contribution in [-0.2, 0) is 6.54 Å². The van der Waals surface area contributed by atoms with Gasteiger partial charge in [0, 0.05) is 13.6 Å². The molecule has 2 aromatic rings. The topological polar surface area (TPSA) is 64.1 Å². The highest BCUT2D eigenvalue weighted by Gasteiger charge is 2.20. The molecule has 1 heterocycles. The van der Waals surface area contributed by atoms with Crippen LogP contribution in [-0.4, -0.2) is 45.3 Å². The summed E-state index contributed by atoms with van der Waals surface area (Å²) in [6.45, 7) is 0.819. The number of nitrogens with one attached hydrogen (secondary N) is 2. The quantitative estimate of drug-likeness (QED) is 0.561. The highest BCUT2D eigenvalue weighted by atomic mass is 19.3. The van der Waals surface area contributed by atoms with E-state index in [4.69, 9.17) is 14.2 Å². The number of aliphatic imine (C=N–C) groups is 1. The Kier molecular flexibility index (Phi) is 6.89. The fourth-order valence-corrected chi connectivity index (χ4v) is 2.69. The van der Waals surface area contributed by atoms with Crippen molar-refractivity contribution < 1.29 is 23.0 Å². The van der Waals surface area contributed by atoms with Crippen LogP contribution in [0.25, 0.3) is 0 Å². The molecule has 0 aliphatic carbocycles. The lowest BCUT2D eigenvalue weighted by Crippen LogP contribution is -2.45. The molecule has 2 N–H and O–H groups in total. The minimum atomic E-state index is -2.50. The maximum Gasteiger partial charge on any atom is 0.272 e. The van der Waals surface area contributed by atoms with Crippen LogP contribution in [0.15, 0.2) is 53.5 Å². The van der Waals surface area contributed by atoms with E-state index >= 15 is 0 Å². The fraction of sp³-hybridized carbons (Fsp3) is 0.350. The summed E-state index contributed by atoms with van der Waals surface area (Å²) in [5, 5.41) is 6.37. The molecular weight excluding hydrogens is 368 g/mol. The van der Waals surface area contributed by atoms with E-state index in [0.717, 1.165) is 17.1 Å². The van der Waals surface area contributed by atoms with E-state index in [0.29, 0.717) is 31.4 Å². The molecule has 1 aliphatic heterocycles. The van der Waals surface area contributed by atoms with Crippen molar-refractivity contribution in [3.05, 3.63) is 54.1 Å². The van der Waals surface area contributed by atoms with Gasteiger partial charge in [0.2, 0.25) is 0 Å². The van der Waals surface area contributed by atoms with Crippen LogP contribution < -0.4 is 24.8 Å². The largest absolute Gasteiger partial charge is 0.488 e. The predicted octanol–water partition coefficient (Wildman–Crippen LogP) is 2.84. The first-order valence-electron chi connectivity index (χ1n) is 8.97. The molecule has 1 atom stereocenters. The van der Waals surface area contributed by atoms with Gasteiger partial charge in [0.25, 0.3) is 6.43 Å². The second-order valence-corrected chi connectivity index (χ2v) is 6.15. The predicted molar refractivity (Wildman–Crippen MR) is 102 cm³/mol. The van der Waals surface area contributed by atoms with E-state index < -0.39 is 13.0 Å². The van der Waals surface area contributed by atoms with Gasteiger partial charge in [0.15, 0.2) is 17.5 Å². The summed E-state index contributed by atoms with van der Waals surface area (Å²) >= 11 is 0. The number of hydrogen-bond donors (Lipinski definition) is 2. The highest BCUT2D eigenvalue weighted by molar-refractivity contribution is 5.79. The fourth-order valence-electron chi connectivity index (χ4n) is 2.69. The average Bonchev–Trinajstić information content (AvgIpc) is 2.72. The Labute approximate surface area is 162 Å². The number of ether oxygens (including phenoxy) is 3. The maximum atomic E-state index is 12.3. The van der Waals surface area contributed by atoms with Crippen molar-refractivity contribution in [1.29, 1.82) is 0 Å². The lowest BCUT2D eigenvalue weighted by Gasteiger charge is -2.27. The smallest absolute Gasteiger partial charge is 0.272 e. The number of para-hydroxylation sites is 2. The van der Waals surface area contributed by atoms with Crippen molar-refractivity contribution in [1.82, 2.24) is 10.6 Å². The molecule has 0 saturated carbocycles. The van der Waals surface area contributed by atoms with Crippen LogP contribution in [0.5, 0.6) is 17.2 Å². The SMILES string of the molecule is CN=C(NCc1cccc(OCC(F)F)c1)NCC1COc2ccccc2O1. The standard InChI is InChI=1S/C20H23F2N3O3/c1-23-20(24-10-14-5-4-6-15(9-14)26-13-19(21)22)25-11-16-12-27-17-7-2-3-8-18(17)28-16/h2-9,16,19H,10-13H2,1H3,(H2,23,24,25). The Bertz CT molecular complexity index is 802. The van der Waals surface area contributed by atoms with Gasteiger partial charge >= 0.3 is 0 Å². The third-order valence-corrected chi connectivity index (χ3v) is 4.02. The van der Waals surface area contributed by atoms with Gasteiger partial charge in [-0.1, -0.05) is 24.3 Å². The molecule has 1 aliphatic rings. The molecule has 0 aromatic heterocycles. The van der Waals surface area contributed by atoms with Crippen LogP contribution >= 0.6 is 0 Å². The summed E-state index contributed by atoms with van der Waals surface area (Å²) in [4.78, 5) is 4.18. The van der Waals surface area contributed by atoms with Crippen LogP contribution in [0.1, 0.15) is 5.56 Å². The Morgan fingerprint density at radius 3 is 2.79 bits per heavy atom. The minimum absolute atomic E-state index is 0.139. The van der Waals surface area contributed by atoms with E-state index in [-0.39, 0.29) is 6.10 Å². The van der Waals surface area contributed by atoms with Crippen molar-refractivity contribution in [3.8, 4) is 17.2 Å². The first-order chi connectivity index (χ1) is 13.6. The number of guanidine groups is 1. The van der Waals surface area contributed by atoms with Crippen molar-refractivity contribution >= 4 is 5.96 Å². The molecule has 150 valence electrons. The van der Waals surface area contributed by atoms with Crippen LogP contribution in [0, 0.1) is 0 Å². The molecule has 0 radical (unpaired) electrons. The van der Waals surface area contributed by atoms with E-state index in [1.54, 1.807) is 25.2 Å². The molecule has 0 amide bonds. The number of fused-ring (bicyclic) bond motifs is 1. The van der Waals surface area contributed by atoms with Crippen LogP contribution in [0.2, 0.25) is 0 Å². The number of nitrogens with zero attached hydrogens (tertiary/aromatic N) is 1. The van der Waals surface area contributed by atoms with Crippen molar-refractivity contribution in [2.75, 3.05) is 26.8 Å². The Morgan fingerprint density at radius 2 is 2.00 bits per heavy atom. The Morgan fingerprint density at radius 1 is 1.18 bits per heavy atom. The van der Waals surface area contributed by atoms with Gasteiger partial charge in [0.05, 0.1) is 6.54 Å². The van der Waals surface area contributed by atoms with Crippen LogP contribution in [0.4, 0.5) is 8.78 Å². The molecule has 28 heavy (non-hydrogen) atoms. The molecular formula is C20H23F2N3O3. The Hall–Kier alpha value is -3.03. The van der Waals surface area contributed by atoms with Crippen molar-refractivity contribution in [3.63, 3.8) is 0 Å². The lowest BCUT2D eigenvalue weighted by atomic mass is 10.2. The number of alkyl halides is 2. The van der Waals surface area contributed by atoms with Gasteiger partial charge in [-0.25, -0.2) is 8.78 Å². The molecule has 8 heteroatoms. The normalized spacial score (nSPS) is 16.0. The van der Waals surface area contributed by atoms with Gasteiger partial charge in [0.1, 0.15) is 25.1 Å². The Balaban J connectivity index is 1.46. The third kappa shape index (κ3) is 5.73. The summed E-state index contributed by atoms with van der Waals surface area (Å²) in [6.07, 6.45) is -2.64. The second kappa shape index (κ2) is 9.77. The summed E-state index contributed by atoms with van der Waals surface area (Å²) in [5.41, 5.74) is 0.890. The highest BCUT2D eigenvalue weighted by Crippen LogP contribution is 2.30. The zero-order valence-electron chi connectivity index (χ0n) is 15.5. The first kappa shape index (κ1) is 19.7. The molecule has 0 spiro atoms. The average molecular weight is 391 g/mol. The molecule has 0 saturated heterocycles. The molecule has 0 bridgehead atoms. The van der Waals surface area contributed by atoms with Crippen molar-refractivity contribution in [2.24, 2.45) is 4.99 Å². The van der Waals surface area contributed by atoms with E-state index in [1.807, 2.05) is 30.3 Å². The van der Waals surface area contributed by atoms with Gasteiger partial charge in [-0.2, -0.15) is 0 Å². The first-order valence-corrected chi connectivity index (χ1v) is 8.97. The minimum Gasteiger partial charge on any atom is -0.488 e. The zero-order chi connectivity index (χ0) is 19.8. The van der Waals surface area contributed by atoms with E-state index in [1.165, 1.54) is 0 Å². The molecule has 1 unspecified atom stereocenters. The summed E-state index contributed by atoms with van der Waals surface area (Å²) in [6, 6.07) is 14.6. The molecule has 3 rings (SSSR count).